The van der Waals surface area contributed by atoms with Crippen LogP contribution in [0.5, 0.6) is 5.75 Å². The van der Waals surface area contributed by atoms with E-state index < -0.39 is 0 Å². The van der Waals surface area contributed by atoms with Gasteiger partial charge in [0.05, 0.1) is 18.2 Å². The molecule has 2 N–H and O–H groups in total. The van der Waals surface area contributed by atoms with Crippen LogP contribution in [0.15, 0.2) is 30.7 Å². The van der Waals surface area contributed by atoms with Crippen LogP contribution in [-0.2, 0) is 6.54 Å². The third-order valence-corrected chi connectivity index (χ3v) is 3.84. The van der Waals surface area contributed by atoms with Crippen LogP contribution >= 0.6 is 0 Å². The molecule has 106 valence electrons. The van der Waals surface area contributed by atoms with E-state index in [1.54, 1.807) is 0 Å². The first kappa shape index (κ1) is 13.2. The molecule has 0 radical (unpaired) electrons. The Hall–Kier alpha value is -1.81. The zero-order chi connectivity index (χ0) is 14.1. The Morgan fingerprint density at radius 3 is 3.10 bits per heavy atom. The van der Waals surface area contributed by atoms with Gasteiger partial charge in [-0.25, -0.2) is 4.98 Å². The lowest BCUT2D eigenvalue weighted by Gasteiger charge is -2.31. The molecule has 1 aliphatic rings. The zero-order valence-corrected chi connectivity index (χ0v) is 12.0. The summed E-state index contributed by atoms with van der Waals surface area (Å²) in [5.41, 5.74) is 9.78. The van der Waals surface area contributed by atoms with Crippen molar-refractivity contribution in [2.75, 3.05) is 0 Å². The van der Waals surface area contributed by atoms with Gasteiger partial charge in [-0.05, 0) is 19.4 Å². The summed E-state index contributed by atoms with van der Waals surface area (Å²) in [5.74, 6) is 0.906. The number of hydrogen-bond acceptors (Lipinski definition) is 3. The van der Waals surface area contributed by atoms with Crippen LogP contribution in [0.3, 0.4) is 0 Å². The summed E-state index contributed by atoms with van der Waals surface area (Å²) in [7, 11) is 0. The van der Waals surface area contributed by atoms with Crippen molar-refractivity contribution in [3.63, 3.8) is 0 Å². The molecule has 0 aliphatic carbocycles. The molecular formula is C16H21N3O. The maximum atomic E-state index is 6.33. The Kier molecular flexibility index (Phi) is 3.49. The van der Waals surface area contributed by atoms with E-state index in [0.29, 0.717) is 0 Å². The molecule has 20 heavy (non-hydrogen) atoms. The third kappa shape index (κ3) is 2.31. The zero-order valence-electron chi connectivity index (χ0n) is 12.0. The molecule has 1 aliphatic heterocycles. The van der Waals surface area contributed by atoms with Crippen molar-refractivity contribution in [3.05, 3.63) is 47.5 Å². The fourth-order valence-electron chi connectivity index (χ4n) is 2.83. The monoisotopic (exact) mass is 271 g/mol. The maximum Gasteiger partial charge on any atom is 0.142 e. The molecule has 1 unspecified atom stereocenters. The molecule has 3 rings (SSSR count). The first-order valence-corrected chi connectivity index (χ1v) is 7.22. The van der Waals surface area contributed by atoms with Crippen LogP contribution < -0.4 is 10.5 Å². The fourth-order valence-corrected chi connectivity index (χ4v) is 2.83. The molecule has 0 bridgehead atoms. The number of hydrogen-bond donors (Lipinski definition) is 1. The van der Waals surface area contributed by atoms with E-state index in [2.05, 4.69) is 35.5 Å². The van der Waals surface area contributed by atoms with Gasteiger partial charge in [0.1, 0.15) is 11.9 Å². The number of nitrogens with two attached hydrogens (primary N) is 1. The molecule has 2 atom stereocenters. The van der Waals surface area contributed by atoms with Gasteiger partial charge in [-0.2, -0.15) is 0 Å². The molecule has 1 aromatic heterocycles. The molecule has 0 saturated heterocycles. The van der Waals surface area contributed by atoms with Crippen molar-refractivity contribution in [1.82, 2.24) is 9.55 Å². The SMILES string of the molecule is CCCn1cncc1C1C[C@@H](N)c2cc(C)ccc2O1. The highest BCUT2D eigenvalue weighted by Gasteiger charge is 2.28. The van der Waals surface area contributed by atoms with Crippen LogP contribution in [0, 0.1) is 6.92 Å². The lowest BCUT2D eigenvalue weighted by molar-refractivity contribution is 0.153. The Morgan fingerprint density at radius 2 is 2.30 bits per heavy atom. The second-order valence-corrected chi connectivity index (χ2v) is 5.50. The molecule has 0 amide bonds. The van der Waals surface area contributed by atoms with Crippen molar-refractivity contribution in [1.29, 1.82) is 0 Å². The highest BCUT2D eigenvalue weighted by molar-refractivity contribution is 5.41. The lowest BCUT2D eigenvalue weighted by Crippen LogP contribution is -2.25. The van der Waals surface area contributed by atoms with E-state index in [4.69, 9.17) is 10.5 Å². The average molecular weight is 271 g/mol. The lowest BCUT2D eigenvalue weighted by atomic mass is 9.94. The van der Waals surface area contributed by atoms with E-state index in [1.807, 2.05) is 18.6 Å². The van der Waals surface area contributed by atoms with Crippen molar-refractivity contribution in [2.24, 2.45) is 5.73 Å². The van der Waals surface area contributed by atoms with Crippen molar-refractivity contribution < 1.29 is 4.74 Å². The van der Waals surface area contributed by atoms with Gasteiger partial charge in [0.2, 0.25) is 0 Å². The van der Waals surface area contributed by atoms with Gasteiger partial charge in [-0.3, -0.25) is 0 Å². The highest BCUT2D eigenvalue weighted by atomic mass is 16.5. The van der Waals surface area contributed by atoms with E-state index in [-0.39, 0.29) is 12.1 Å². The second kappa shape index (κ2) is 5.29. The minimum Gasteiger partial charge on any atom is -0.484 e. The Balaban J connectivity index is 1.91. The normalized spacial score (nSPS) is 21.4. The summed E-state index contributed by atoms with van der Waals surface area (Å²) in [6, 6.07) is 6.24. The molecule has 2 aromatic rings. The van der Waals surface area contributed by atoms with Gasteiger partial charge in [0, 0.05) is 24.6 Å². The minimum absolute atomic E-state index is 0.00532. The number of fused-ring (bicyclic) bond motifs is 1. The largest absolute Gasteiger partial charge is 0.484 e. The molecule has 4 nitrogen and oxygen atoms in total. The Labute approximate surface area is 119 Å². The standard InChI is InChI=1S/C16H21N3O/c1-3-6-19-10-18-9-14(19)16-8-13(17)12-7-11(2)4-5-15(12)20-16/h4-5,7,9-10,13,16H,3,6,8,17H2,1-2H3/t13-,16?/m1/s1. The number of rotatable bonds is 3. The first-order chi connectivity index (χ1) is 9.69. The van der Waals surface area contributed by atoms with Gasteiger partial charge >= 0.3 is 0 Å². The van der Waals surface area contributed by atoms with Crippen LogP contribution in [0.25, 0.3) is 0 Å². The average Bonchev–Trinajstić information content (AvgIpc) is 2.88. The topological polar surface area (TPSA) is 53.1 Å². The van der Waals surface area contributed by atoms with Crippen molar-refractivity contribution in [2.45, 2.75) is 45.4 Å². The van der Waals surface area contributed by atoms with Crippen molar-refractivity contribution >= 4 is 0 Å². The van der Waals surface area contributed by atoms with Gasteiger partial charge in [-0.1, -0.05) is 24.6 Å². The molecule has 2 heterocycles. The van der Waals surface area contributed by atoms with E-state index in [1.165, 1.54) is 5.56 Å². The predicted molar refractivity (Wildman–Crippen MR) is 78.6 cm³/mol. The number of nitrogens with zero attached hydrogens (tertiary/aromatic N) is 2. The highest BCUT2D eigenvalue weighted by Crippen LogP contribution is 2.39. The summed E-state index contributed by atoms with van der Waals surface area (Å²) in [6.45, 7) is 5.20. The van der Waals surface area contributed by atoms with Crippen LogP contribution in [0.2, 0.25) is 0 Å². The van der Waals surface area contributed by atoms with Gasteiger partial charge < -0.3 is 15.0 Å². The first-order valence-electron chi connectivity index (χ1n) is 7.22. The van der Waals surface area contributed by atoms with E-state index in [0.717, 1.165) is 36.4 Å². The Morgan fingerprint density at radius 1 is 1.45 bits per heavy atom. The van der Waals surface area contributed by atoms with Crippen LogP contribution in [0.1, 0.15) is 48.7 Å². The van der Waals surface area contributed by atoms with Gasteiger partial charge in [-0.15, -0.1) is 0 Å². The quantitative estimate of drug-likeness (QED) is 0.933. The molecule has 0 spiro atoms. The molecule has 0 saturated carbocycles. The second-order valence-electron chi connectivity index (χ2n) is 5.50. The molecule has 4 heteroatoms. The summed E-state index contributed by atoms with van der Waals surface area (Å²) >= 11 is 0. The molecular weight excluding hydrogens is 250 g/mol. The number of imidazole rings is 1. The van der Waals surface area contributed by atoms with Gasteiger partial charge in [0.25, 0.3) is 0 Å². The number of benzene rings is 1. The Bertz CT molecular complexity index is 606. The van der Waals surface area contributed by atoms with Crippen molar-refractivity contribution in [3.8, 4) is 5.75 Å². The number of aryl methyl sites for hydroxylation is 2. The number of ether oxygens (including phenoxy) is 1. The maximum absolute atomic E-state index is 6.33. The van der Waals surface area contributed by atoms with E-state index >= 15 is 0 Å². The number of aromatic nitrogens is 2. The summed E-state index contributed by atoms with van der Waals surface area (Å²) in [6.07, 6.45) is 5.64. The summed E-state index contributed by atoms with van der Waals surface area (Å²) < 4.78 is 8.31. The van der Waals surface area contributed by atoms with Gasteiger partial charge in [0.15, 0.2) is 0 Å². The smallest absolute Gasteiger partial charge is 0.142 e. The van der Waals surface area contributed by atoms with E-state index in [9.17, 15) is 0 Å². The fraction of sp³-hybridized carbons (Fsp3) is 0.438. The molecule has 1 aromatic carbocycles. The predicted octanol–water partition coefficient (Wildman–Crippen LogP) is 3.13. The van der Waals surface area contributed by atoms with Crippen LogP contribution in [-0.4, -0.2) is 9.55 Å². The summed E-state index contributed by atoms with van der Waals surface area (Å²) in [5, 5.41) is 0. The van der Waals surface area contributed by atoms with Crippen LogP contribution in [0.4, 0.5) is 0 Å². The molecule has 0 fully saturated rings. The summed E-state index contributed by atoms with van der Waals surface area (Å²) in [4.78, 5) is 4.25. The third-order valence-electron chi connectivity index (χ3n) is 3.84. The minimum atomic E-state index is -0.00532.